The van der Waals surface area contributed by atoms with Crippen LogP contribution in [0.2, 0.25) is 0 Å². The average molecular weight is 393 g/mol. The first-order valence-corrected chi connectivity index (χ1v) is 9.92. The van der Waals surface area contributed by atoms with Crippen LogP contribution in [-0.2, 0) is 11.3 Å². The zero-order valence-corrected chi connectivity index (χ0v) is 16.3. The Labute approximate surface area is 168 Å². The van der Waals surface area contributed by atoms with Crippen LogP contribution in [0.25, 0.3) is 22.1 Å². The van der Waals surface area contributed by atoms with E-state index < -0.39 is 0 Å². The third-order valence-electron chi connectivity index (χ3n) is 5.64. The fraction of sp³-hybridized carbons (Fsp3) is 0.348. The van der Waals surface area contributed by atoms with Crippen LogP contribution in [0.4, 0.5) is 0 Å². The summed E-state index contributed by atoms with van der Waals surface area (Å²) in [5, 5.41) is 0.899. The standard InChI is InChI=1S/C23H23NO5/c1-26-16-6-4-15(5-7-16)19-11-22(25)29-23-18(19)8-9-21-20(23)13-24(14-28-21)12-17-3-2-10-27-17/h4-9,11,17H,2-3,10,12-14H2,1H3/t17-/m0/s1. The minimum absolute atomic E-state index is 0.247. The second-order valence-electron chi connectivity index (χ2n) is 7.55. The van der Waals surface area contributed by atoms with Crippen molar-refractivity contribution in [3.05, 3.63) is 58.4 Å². The molecule has 1 fully saturated rings. The molecule has 5 rings (SSSR count). The normalized spacial score (nSPS) is 19.1. The molecule has 0 amide bonds. The van der Waals surface area contributed by atoms with Crippen LogP contribution in [0.1, 0.15) is 18.4 Å². The smallest absolute Gasteiger partial charge is 0.336 e. The highest BCUT2D eigenvalue weighted by atomic mass is 16.5. The minimum atomic E-state index is -0.368. The lowest BCUT2D eigenvalue weighted by atomic mass is 9.99. The zero-order chi connectivity index (χ0) is 19.8. The van der Waals surface area contributed by atoms with Crippen LogP contribution < -0.4 is 15.1 Å². The van der Waals surface area contributed by atoms with Gasteiger partial charge in [-0.05, 0) is 48.2 Å². The molecule has 2 aromatic carbocycles. The Bertz CT molecular complexity index is 1080. The van der Waals surface area contributed by atoms with Gasteiger partial charge in [-0.1, -0.05) is 12.1 Å². The van der Waals surface area contributed by atoms with Crippen LogP contribution >= 0.6 is 0 Å². The van der Waals surface area contributed by atoms with Crippen LogP contribution in [0.15, 0.2) is 51.7 Å². The van der Waals surface area contributed by atoms with E-state index in [9.17, 15) is 4.79 Å². The van der Waals surface area contributed by atoms with E-state index in [4.69, 9.17) is 18.6 Å². The summed E-state index contributed by atoms with van der Waals surface area (Å²) in [4.78, 5) is 14.6. The molecule has 3 aromatic rings. The quantitative estimate of drug-likeness (QED) is 0.629. The molecule has 0 N–H and O–H groups in total. The van der Waals surface area contributed by atoms with Crippen molar-refractivity contribution in [2.75, 3.05) is 27.0 Å². The van der Waals surface area contributed by atoms with Gasteiger partial charge in [0.15, 0.2) is 0 Å². The lowest BCUT2D eigenvalue weighted by Crippen LogP contribution is -2.37. The van der Waals surface area contributed by atoms with Crippen molar-refractivity contribution in [3.63, 3.8) is 0 Å². The van der Waals surface area contributed by atoms with Crippen molar-refractivity contribution in [1.82, 2.24) is 4.90 Å². The van der Waals surface area contributed by atoms with Gasteiger partial charge < -0.3 is 18.6 Å². The molecule has 1 atom stereocenters. The summed E-state index contributed by atoms with van der Waals surface area (Å²) < 4.78 is 22.6. The summed E-state index contributed by atoms with van der Waals surface area (Å²) in [6, 6.07) is 13.2. The van der Waals surface area contributed by atoms with E-state index in [1.807, 2.05) is 36.4 Å². The van der Waals surface area contributed by atoms with Gasteiger partial charge in [0.25, 0.3) is 0 Å². The summed E-state index contributed by atoms with van der Waals surface area (Å²) in [6.45, 7) is 2.83. The molecule has 1 aromatic heterocycles. The number of nitrogens with zero attached hydrogens (tertiary/aromatic N) is 1. The number of methoxy groups -OCH3 is 1. The summed E-state index contributed by atoms with van der Waals surface area (Å²) in [5.41, 5.74) is 2.93. The highest BCUT2D eigenvalue weighted by Gasteiger charge is 2.26. The number of benzene rings is 2. The first-order chi connectivity index (χ1) is 14.2. The average Bonchev–Trinajstić information content (AvgIpc) is 3.26. The molecule has 0 unspecified atom stereocenters. The molecule has 2 aliphatic rings. The lowest BCUT2D eigenvalue weighted by Gasteiger charge is -2.30. The second kappa shape index (κ2) is 7.54. The molecule has 0 bridgehead atoms. The largest absolute Gasteiger partial charge is 0.497 e. The first kappa shape index (κ1) is 18.2. The molecule has 0 saturated carbocycles. The lowest BCUT2D eigenvalue weighted by molar-refractivity contribution is 0.0281. The maximum Gasteiger partial charge on any atom is 0.336 e. The van der Waals surface area contributed by atoms with Crippen molar-refractivity contribution in [2.24, 2.45) is 0 Å². The Morgan fingerprint density at radius 3 is 2.79 bits per heavy atom. The molecular weight excluding hydrogens is 370 g/mol. The maximum atomic E-state index is 12.4. The van der Waals surface area contributed by atoms with Gasteiger partial charge in [0.05, 0.1) is 18.8 Å². The van der Waals surface area contributed by atoms with Gasteiger partial charge in [-0.25, -0.2) is 4.79 Å². The van der Waals surface area contributed by atoms with E-state index in [0.717, 1.165) is 59.6 Å². The highest BCUT2D eigenvalue weighted by Crippen LogP contribution is 2.36. The van der Waals surface area contributed by atoms with Crippen LogP contribution in [-0.4, -0.2) is 38.0 Å². The molecule has 29 heavy (non-hydrogen) atoms. The third kappa shape index (κ3) is 3.50. The van der Waals surface area contributed by atoms with Crippen LogP contribution in [0.3, 0.4) is 0 Å². The van der Waals surface area contributed by atoms with E-state index in [0.29, 0.717) is 18.9 Å². The summed E-state index contributed by atoms with van der Waals surface area (Å²) in [7, 11) is 1.64. The Hall–Kier alpha value is -2.83. The van der Waals surface area contributed by atoms with Crippen molar-refractivity contribution < 1.29 is 18.6 Å². The Morgan fingerprint density at radius 2 is 2.03 bits per heavy atom. The number of hydrogen-bond donors (Lipinski definition) is 0. The predicted octanol–water partition coefficient (Wildman–Crippen LogP) is 3.80. The van der Waals surface area contributed by atoms with E-state index in [1.165, 1.54) is 0 Å². The molecule has 3 heterocycles. The monoisotopic (exact) mass is 393 g/mol. The van der Waals surface area contributed by atoms with Gasteiger partial charge in [-0.3, -0.25) is 4.90 Å². The molecule has 6 heteroatoms. The third-order valence-corrected chi connectivity index (χ3v) is 5.64. The fourth-order valence-corrected chi connectivity index (χ4v) is 4.18. The van der Waals surface area contributed by atoms with Crippen molar-refractivity contribution in [3.8, 4) is 22.6 Å². The Balaban J connectivity index is 1.55. The van der Waals surface area contributed by atoms with Crippen LogP contribution in [0.5, 0.6) is 11.5 Å². The fourth-order valence-electron chi connectivity index (χ4n) is 4.18. The zero-order valence-electron chi connectivity index (χ0n) is 16.3. The van der Waals surface area contributed by atoms with Crippen molar-refractivity contribution in [1.29, 1.82) is 0 Å². The van der Waals surface area contributed by atoms with Crippen molar-refractivity contribution in [2.45, 2.75) is 25.5 Å². The molecular formula is C23H23NO5. The van der Waals surface area contributed by atoms with Gasteiger partial charge >= 0.3 is 5.63 Å². The van der Waals surface area contributed by atoms with Gasteiger partial charge in [-0.15, -0.1) is 0 Å². The first-order valence-electron chi connectivity index (χ1n) is 9.92. The molecule has 0 radical (unpaired) electrons. The van der Waals surface area contributed by atoms with E-state index in [2.05, 4.69) is 4.90 Å². The number of ether oxygens (including phenoxy) is 3. The summed E-state index contributed by atoms with van der Waals surface area (Å²) >= 11 is 0. The number of rotatable bonds is 4. The van der Waals surface area contributed by atoms with Gasteiger partial charge in [-0.2, -0.15) is 0 Å². The van der Waals surface area contributed by atoms with Crippen LogP contribution in [0, 0.1) is 0 Å². The van der Waals surface area contributed by atoms with Gasteiger partial charge in [0.1, 0.15) is 23.8 Å². The number of hydrogen-bond acceptors (Lipinski definition) is 6. The topological polar surface area (TPSA) is 61.1 Å². The van der Waals surface area contributed by atoms with Gasteiger partial charge in [0.2, 0.25) is 0 Å². The minimum Gasteiger partial charge on any atom is -0.497 e. The van der Waals surface area contributed by atoms with E-state index in [1.54, 1.807) is 13.2 Å². The van der Waals surface area contributed by atoms with Gasteiger partial charge in [0, 0.05) is 31.1 Å². The molecule has 0 aliphatic carbocycles. The van der Waals surface area contributed by atoms with Crippen molar-refractivity contribution >= 4 is 11.0 Å². The maximum absolute atomic E-state index is 12.4. The molecule has 2 aliphatic heterocycles. The molecule has 6 nitrogen and oxygen atoms in total. The molecule has 0 spiro atoms. The van der Waals surface area contributed by atoms with E-state index >= 15 is 0 Å². The molecule has 150 valence electrons. The second-order valence-corrected chi connectivity index (χ2v) is 7.55. The highest BCUT2D eigenvalue weighted by molar-refractivity contribution is 5.95. The summed E-state index contributed by atoms with van der Waals surface area (Å²) in [6.07, 6.45) is 2.44. The number of fused-ring (bicyclic) bond motifs is 3. The molecule has 1 saturated heterocycles. The summed E-state index contributed by atoms with van der Waals surface area (Å²) in [5.74, 6) is 1.55. The SMILES string of the molecule is COc1ccc(-c2cc(=O)oc3c4c(ccc23)OCN(C[C@@H]2CCCO2)C4)cc1. The van der Waals surface area contributed by atoms with E-state index in [-0.39, 0.29) is 11.7 Å². The Kier molecular flexibility index (Phi) is 4.73. The predicted molar refractivity (Wildman–Crippen MR) is 109 cm³/mol. The Morgan fingerprint density at radius 1 is 1.17 bits per heavy atom.